The third kappa shape index (κ3) is 4.36. The molecule has 0 spiro atoms. The molecular weight excluding hydrogens is 560 g/mol. The Morgan fingerprint density at radius 2 is 1.00 bits per heavy atom. The summed E-state index contributed by atoms with van der Waals surface area (Å²) in [6.45, 7) is 0. The van der Waals surface area contributed by atoms with E-state index in [4.69, 9.17) is 4.74 Å². The molecule has 9 rings (SSSR count). The molecule has 1 aliphatic carbocycles. The molecule has 1 unspecified atom stereocenters. The van der Waals surface area contributed by atoms with Crippen LogP contribution in [0.25, 0.3) is 44.5 Å². The number of fused-ring (bicyclic) bond motifs is 2. The molecule has 1 N–H and O–H groups in total. The fourth-order valence-corrected chi connectivity index (χ4v) is 6.86. The molecule has 0 amide bonds. The molecule has 0 bridgehead atoms. The van der Waals surface area contributed by atoms with Crippen molar-refractivity contribution in [2.24, 2.45) is 0 Å². The third-order valence-corrected chi connectivity index (χ3v) is 9.08. The Bertz CT molecular complexity index is 2120. The Morgan fingerprint density at radius 1 is 0.457 bits per heavy atom. The van der Waals surface area contributed by atoms with Crippen LogP contribution in [0.4, 0.5) is 17.1 Å². The normalized spacial score (nSPS) is 14.6. The van der Waals surface area contributed by atoms with Crippen LogP contribution < -0.4 is 10.2 Å². The van der Waals surface area contributed by atoms with E-state index in [0.717, 1.165) is 39.6 Å². The number of nitrogens with zero attached hydrogens (tertiary/aromatic N) is 1. The second kappa shape index (κ2) is 10.8. The summed E-state index contributed by atoms with van der Waals surface area (Å²) in [7, 11) is 0. The van der Waals surface area contributed by atoms with Crippen molar-refractivity contribution in [2.45, 2.75) is 6.23 Å². The van der Waals surface area contributed by atoms with Crippen LogP contribution in [0.5, 0.6) is 0 Å². The molecule has 7 aromatic rings. The lowest BCUT2D eigenvalue weighted by Gasteiger charge is -2.28. The van der Waals surface area contributed by atoms with E-state index in [0.29, 0.717) is 0 Å². The first-order valence-electron chi connectivity index (χ1n) is 15.7. The summed E-state index contributed by atoms with van der Waals surface area (Å²) in [5.41, 5.74) is 12.6. The highest BCUT2D eigenvalue weighted by molar-refractivity contribution is 6.16. The Kier molecular flexibility index (Phi) is 6.20. The second-order valence-corrected chi connectivity index (χ2v) is 11.8. The minimum atomic E-state index is -0.197. The van der Waals surface area contributed by atoms with Crippen LogP contribution in [0.1, 0.15) is 22.9 Å². The number of ether oxygens (including phenoxy) is 1. The first-order chi connectivity index (χ1) is 22.8. The van der Waals surface area contributed by atoms with E-state index in [1.807, 2.05) is 6.07 Å². The van der Waals surface area contributed by atoms with Crippen LogP contribution >= 0.6 is 0 Å². The first kappa shape index (κ1) is 26.4. The van der Waals surface area contributed by atoms with Gasteiger partial charge in [0.2, 0.25) is 0 Å². The van der Waals surface area contributed by atoms with Crippen LogP contribution in [0.2, 0.25) is 0 Å². The van der Waals surface area contributed by atoms with Gasteiger partial charge in [0.15, 0.2) is 12.0 Å². The average Bonchev–Trinajstić information content (AvgIpc) is 3.70. The van der Waals surface area contributed by atoms with Gasteiger partial charge in [-0.2, -0.15) is 0 Å². The Morgan fingerprint density at radius 3 is 1.59 bits per heavy atom. The van der Waals surface area contributed by atoms with Crippen molar-refractivity contribution in [1.82, 2.24) is 5.32 Å². The molecule has 0 saturated heterocycles. The molecule has 1 heterocycles. The number of nitrogens with one attached hydrogen (secondary N) is 1. The van der Waals surface area contributed by atoms with Gasteiger partial charge in [0.05, 0.1) is 11.4 Å². The van der Waals surface area contributed by atoms with Crippen LogP contribution in [-0.2, 0) is 4.74 Å². The topological polar surface area (TPSA) is 24.5 Å². The number of anilines is 3. The van der Waals surface area contributed by atoms with Gasteiger partial charge in [0, 0.05) is 38.8 Å². The monoisotopic (exact) mass is 590 g/mol. The Labute approximate surface area is 268 Å². The van der Waals surface area contributed by atoms with E-state index in [9.17, 15) is 0 Å². The maximum atomic E-state index is 6.58. The summed E-state index contributed by atoms with van der Waals surface area (Å²) in [6.07, 6.45) is -0.197. The summed E-state index contributed by atoms with van der Waals surface area (Å²) >= 11 is 0. The van der Waals surface area contributed by atoms with Crippen LogP contribution in [0.3, 0.4) is 0 Å². The van der Waals surface area contributed by atoms with E-state index >= 15 is 0 Å². The fourth-order valence-electron chi connectivity index (χ4n) is 6.86. The SMILES string of the molecule is c1ccc(-c2ccc(N(c3ccc(-c4ccccc4)cc3)c3ccc4c5c(cccc35)C3=C4NC(c4ccccc4)O3)cc2)cc1. The summed E-state index contributed by atoms with van der Waals surface area (Å²) < 4.78 is 6.58. The Balaban J connectivity index is 1.15. The standard InChI is InChI=1S/C43H30N2O/c1-4-11-29(12-5-1)31-19-23-34(24-20-31)45(35-25-21-32(22-26-35)30-13-6-2-7-14-30)39-28-27-37-40-36(39)17-10-18-38(40)42-41(37)44-43(46-42)33-15-8-3-9-16-33/h1-28,43-44H. The van der Waals surface area contributed by atoms with Gasteiger partial charge in [0.25, 0.3) is 0 Å². The number of rotatable bonds is 6. The van der Waals surface area contributed by atoms with Gasteiger partial charge in [-0.05, 0) is 52.6 Å². The highest BCUT2D eigenvalue weighted by Gasteiger charge is 2.35. The van der Waals surface area contributed by atoms with Crippen molar-refractivity contribution in [1.29, 1.82) is 0 Å². The molecular formula is C43H30N2O. The summed E-state index contributed by atoms with van der Waals surface area (Å²) in [5.74, 6) is 0.928. The molecule has 0 saturated carbocycles. The van der Waals surface area contributed by atoms with E-state index in [1.165, 1.54) is 38.6 Å². The summed E-state index contributed by atoms with van der Waals surface area (Å²) in [6, 6.07) is 60.3. The first-order valence-corrected chi connectivity index (χ1v) is 15.7. The van der Waals surface area contributed by atoms with Gasteiger partial charge in [0.1, 0.15) is 0 Å². The van der Waals surface area contributed by atoms with Crippen molar-refractivity contribution < 1.29 is 4.74 Å². The summed E-state index contributed by atoms with van der Waals surface area (Å²) in [5, 5.41) is 6.08. The van der Waals surface area contributed by atoms with Gasteiger partial charge in [-0.3, -0.25) is 0 Å². The van der Waals surface area contributed by atoms with Crippen LogP contribution in [0, 0.1) is 0 Å². The largest absolute Gasteiger partial charge is 0.464 e. The molecule has 218 valence electrons. The van der Waals surface area contributed by atoms with Crippen LogP contribution in [-0.4, -0.2) is 0 Å². The highest BCUT2D eigenvalue weighted by atomic mass is 16.5. The number of benzene rings is 7. The maximum Gasteiger partial charge on any atom is 0.196 e. The van der Waals surface area contributed by atoms with Gasteiger partial charge >= 0.3 is 0 Å². The number of hydrogen-bond donors (Lipinski definition) is 1. The lowest BCUT2D eigenvalue weighted by atomic mass is 9.99. The molecule has 2 aliphatic rings. The average molecular weight is 591 g/mol. The zero-order valence-electron chi connectivity index (χ0n) is 25.1. The summed E-state index contributed by atoms with van der Waals surface area (Å²) in [4.78, 5) is 2.37. The highest BCUT2D eigenvalue weighted by Crippen LogP contribution is 2.51. The van der Waals surface area contributed by atoms with Crippen molar-refractivity contribution in [3.63, 3.8) is 0 Å². The van der Waals surface area contributed by atoms with Gasteiger partial charge < -0.3 is 15.0 Å². The molecule has 3 nitrogen and oxygen atoms in total. The van der Waals surface area contributed by atoms with Crippen LogP contribution in [0.15, 0.2) is 170 Å². The second-order valence-electron chi connectivity index (χ2n) is 11.8. The van der Waals surface area contributed by atoms with Crippen molar-refractivity contribution >= 4 is 39.3 Å². The van der Waals surface area contributed by atoms with E-state index in [-0.39, 0.29) is 6.23 Å². The zero-order chi connectivity index (χ0) is 30.5. The van der Waals surface area contributed by atoms with Crippen molar-refractivity contribution in [3.05, 3.63) is 187 Å². The predicted octanol–water partition coefficient (Wildman–Crippen LogP) is 11.1. The lowest BCUT2D eigenvalue weighted by Crippen LogP contribution is -2.16. The minimum absolute atomic E-state index is 0.197. The van der Waals surface area contributed by atoms with Gasteiger partial charge in [-0.15, -0.1) is 0 Å². The van der Waals surface area contributed by atoms with E-state index in [1.54, 1.807) is 0 Å². The quantitative estimate of drug-likeness (QED) is 0.208. The fraction of sp³-hybridized carbons (Fsp3) is 0.0233. The molecule has 46 heavy (non-hydrogen) atoms. The molecule has 1 atom stereocenters. The molecule has 0 radical (unpaired) electrons. The molecule has 0 fully saturated rings. The molecule has 0 aromatic heterocycles. The molecule has 7 aromatic carbocycles. The van der Waals surface area contributed by atoms with Crippen molar-refractivity contribution in [2.75, 3.05) is 4.90 Å². The lowest BCUT2D eigenvalue weighted by molar-refractivity contribution is 0.175. The predicted molar refractivity (Wildman–Crippen MR) is 190 cm³/mol. The van der Waals surface area contributed by atoms with E-state index < -0.39 is 0 Å². The minimum Gasteiger partial charge on any atom is -0.464 e. The smallest absolute Gasteiger partial charge is 0.196 e. The van der Waals surface area contributed by atoms with Gasteiger partial charge in [-0.1, -0.05) is 140 Å². The van der Waals surface area contributed by atoms with Gasteiger partial charge in [-0.25, -0.2) is 0 Å². The zero-order valence-corrected chi connectivity index (χ0v) is 25.1. The number of hydrogen-bond acceptors (Lipinski definition) is 3. The maximum absolute atomic E-state index is 6.58. The molecule has 1 aliphatic heterocycles. The van der Waals surface area contributed by atoms with E-state index in [2.05, 4.69) is 174 Å². The molecule has 3 heteroatoms. The third-order valence-electron chi connectivity index (χ3n) is 9.08. The van der Waals surface area contributed by atoms with Crippen molar-refractivity contribution in [3.8, 4) is 22.3 Å². The Hall–Kier alpha value is -6.06.